The number of hydrogen-bond donors (Lipinski definition) is 1. The van der Waals surface area contributed by atoms with E-state index >= 15 is 0 Å². The molecule has 1 heterocycles. The second-order valence-electron chi connectivity index (χ2n) is 4.17. The third-order valence-electron chi connectivity index (χ3n) is 2.56. The fraction of sp³-hybridized carbons (Fsp3) is 0.500. The fourth-order valence-electron chi connectivity index (χ4n) is 1.96. The van der Waals surface area contributed by atoms with Crippen LogP contribution >= 0.6 is 15.9 Å². The number of benzene rings is 1. The van der Waals surface area contributed by atoms with Gasteiger partial charge in [0, 0.05) is 24.1 Å². The first-order chi connectivity index (χ1) is 7.18. The molecule has 1 unspecified atom stereocenters. The molecule has 82 valence electrons. The van der Waals surface area contributed by atoms with Gasteiger partial charge >= 0.3 is 0 Å². The monoisotopic (exact) mass is 269 g/mol. The first kappa shape index (κ1) is 11.0. The maximum atomic E-state index is 5.68. The molecule has 0 spiro atoms. The van der Waals surface area contributed by atoms with Gasteiger partial charge in [0.15, 0.2) is 0 Å². The maximum Gasteiger partial charge on any atom is 0.138 e. The largest absolute Gasteiger partial charge is 0.492 e. The van der Waals surface area contributed by atoms with Crippen molar-refractivity contribution < 1.29 is 4.74 Å². The van der Waals surface area contributed by atoms with Gasteiger partial charge in [0.1, 0.15) is 5.75 Å². The zero-order valence-electron chi connectivity index (χ0n) is 9.09. The van der Waals surface area contributed by atoms with Gasteiger partial charge < -0.3 is 10.1 Å². The van der Waals surface area contributed by atoms with Crippen molar-refractivity contribution in [3.05, 3.63) is 28.2 Å². The summed E-state index contributed by atoms with van der Waals surface area (Å²) in [5.74, 6) is 1.00. The Hall–Kier alpha value is -0.540. The minimum absolute atomic E-state index is 0.422. The summed E-state index contributed by atoms with van der Waals surface area (Å²) in [5, 5.41) is 3.56. The van der Waals surface area contributed by atoms with Crippen molar-refractivity contribution in [2.75, 3.05) is 6.61 Å². The molecule has 1 aliphatic rings. The molecule has 0 saturated heterocycles. The van der Waals surface area contributed by atoms with Gasteiger partial charge in [-0.2, -0.15) is 0 Å². The smallest absolute Gasteiger partial charge is 0.138 e. The van der Waals surface area contributed by atoms with Crippen LogP contribution in [0.2, 0.25) is 0 Å². The highest BCUT2D eigenvalue weighted by molar-refractivity contribution is 9.10. The Kier molecular flexibility index (Phi) is 3.32. The summed E-state index contributed by atoms with van der Waals surface area (Å²) in [6.45, 7) is 5.14. The highest BCUT2D eigenvalue weighted by atomic mass is 79.9. The minimum atomic E-state index is 0.422. The molecule has 0 bridgehead atoms. The van der Waals surface area contributed by atoms with Gasteiger partial charge in [-0.05, 0) is 22.0 Å². The van der Waals surface area contributed by atoms with Crippen LogP contribution in [-0.4, -0.2) is 12.6 Å². The van der Waals surface area contributed by atoms with Crippen molar-refractivity contribution >= 4 is 15.9 Å². The van der Waals surface area contributed by atoms with E-state index in [2.05, 4.69) is 47.2 Å². The summed E-state index contributed by atoms with van der Waals surface area (Å²) in [6.07, 6.45) is 1.04. The zero-order valence-corrected chi connectivity index (χ0v) is 10.7. The lowest BCUT2D eigenvalue weighted by molar-refractivity contribution is 0.246. The van der Waals surface area contributed by atoms with E-state index in [9.17, 15) is 0 Å². The lowest BCUT2D eigenvalue weighted by Crippen LogP contribution is -2.32. The topological polar surface area (TPSA) is 21.3 Å². The van der Waals surface area contributed by atoms with Crippen LogP contribution in [0.5, 0.6) is 5.75 Å². The molecule has 1 aromatic carbocycles. The second-order valence-corrected chi connectivity index (χ2v) is 5.02. The molecule has 3 heteroatoms. The number of ether oxygens (including phenoxy) is 1. The molecule has 0 amide bonds. The molecule has 1 aliphatic heterocycles. The van der Waals surface area contributed by atoms with Gasteiger partial charge in [-0.25, -0.2) is 0 Å². The molecule has 0 radical (unpaired) electrons. The molecular formula is C12H16BrNO. The molecule has 1 atom stereocenters. The molecule has 2 nitrogen and oxygen atoms in total. The maximum absolute atomic E-state index is 5.68. The summed E-state index contributed by atoms with van der Waals surface area (Å²) in [7, 11) is 0. The predicted octanol–water partition coefficient (Wildman–Crippen LogP) is 3.27. The number of nitrogens with one attached hydrogen (secondary N) is 1. The molecule has 2 rings (SSSR count). The van der Waals surface area contributed by atoms with Crippen LogP contribution in [0, 0.1) is 0 Å². The summed E-state index contributed by atoms with van der Waals surface area (Å²) >= 11 is 3.52. The summed E-state index contributed by atoms with van der Waals surface area (Å²) in [5.41, 5.74) is 1.27. The number of halogens is 1. The molecule has 1 aromatic rings. The quantitative estimate of drug-likeness (QED) is 0.890. The average Bonchev–Trinajstić information content (AvgIpc) is 2.19. The van der Waals surface area contributed by atoms with Crippen molar-refractivity contribution in [3.63, 3.8) is 0 Å². The van der Waals surface area contributed by atoms with Crippen LogP contribution in [0.1, 0.15) is 31.9 Å². The lowest BCUT2D eigenvalue weighted by Gasteiger charge is -2.28. The van der Waals surface area contributed by atoms with E-state index in [1.54, 1.807) is 0 Å². The predicted molar refractivity (Wildman–Crippen MR) is 65.3 cm³/mol. The van der Waals surface area contributed by atoms with E-state index in [4.69, 9.17) is 4.74 Å². The summed E-state index contributed by atoms with van der Waals surface area (Å²) < 4.78 is 6.73. The molecule has 15 heavy (non-hydrogen) atoms. The van der Waals surface area contributed by atoms with Crippen molar-refractivity contribution in [2.45, 2.75) is 32.4 Å². The molecular weight excluding hydrogens is 254 g/mol. The van der Waals surface area contributed by atoms with Gasteiger partial charge in [0.2, 0.25) is 0 Å². The highest BCUT2D eigenvalue weighted by Gasteiger charge is 2.22. The number of para-hydroxylation sites is 1. The van der Waals surface area contributed by atoms with Crippen LogP contribution in [0.3, 0.4) is 0 Å². The third kappa shape index (κ3) is 2.34. The van der Waals surface area contributed by atoms with E-state index < -0.39 is 0 Å². The fourth-order valence-corrected chi connectivity index (χ4v) is 2.46. The van der Waals surface area contributed by atoms with E-state index in [1.165, 1.54) is 5.56 Å². The van der Waals surface area contributed by atoms with Crippen molar-refractivity contribution in [1.82, 2.24) is 5.32 Å². The van der Waals surface area contributed by atoms with Gasteiger partial charge in [-0.3, -0.25) is 0 Å². The van der Waals surface area contributed by atoms with Gasteiger partial charge in [0.05, 0.1) is 11.1 Å². The summed E-state index contributed by atoms with van der Waals surface area (Å²) in [4.78, 5) is 0. The SMILES string of the molecule is CC(C)NC1CCOc2c(Br)cccc21. The van der Waals surface area contributed by atoms with Crippen LogP contribution < -0.4 is 10.1 Å². The average molecular weight is 270 g/mol. The van der Waals surface area contributed by atoms with Gasteiger partial charge in [0.25, 0.3) is 0 Å². The Bertz CT molecular complexity index is 351. The molecule has 1 N–H and O–H groups in total. The van der Waals surface area contributed by atoms with Crippen LogP contribution in [0.25, 0.3) is 0 Å². The molecule has 0 fully saturated rings. The lowest BCUT2D eigenvalue weighted by atomic mass is 10.00. The standard InChI is InChI=1S/C12H16BrNO/c1-8(2)14-11-6-7-15-12-9(11)4-3-5-10(12)13/h3-5,8,11,14H,6-7H2,1-2H3. The first-order valence-corrected chi connectivity index (χ1v) is 6.15. The number of rotatable bonds is 2. The van der Waals surface area contributed by atoms with E-state index in [0.717, 1.165) is 23.2 Å². The zero-order chi connectivity index (χ0) is 10.8. The Labute approximate surface area is 99.1 Å². The second kappa shape index (κ2) is 4.54. The van der Waals surface area contributed by atoms with Crippen molar-refractivity contribution in [1.29, 1.82) is 0 Å². The Morgan fingerprint density at radius 2 is 2.27 bits per heavy atom. The summed E-state index contributed by atoms with van der Waals surface area (Å²) in [6, 6.07) is 7.15. The van der Waals surface area contributed by atoms with Gasteiger partial charge in [-0.15, -0.1) is 0 Å². The third-order valence-corrected chi connectivity index (χ3v) is 3.18. The molecule has 0 aliphatic carbocycles. The van der Waals surface area contributed by atoms with Crippen LogP contribution in [0.15, 0.2) is 22.7 Å². The first-order valence-electron chi connectivity index (χ1n) is 5.35. The minimum Gasteiger partial charge on any atom is -0.492 e. The van der Waals surface area contributed by atoms with E-state index in [1.807, 2.05) is 6.07 Å². The Balaban J connectivity index is 2.30. The van der Waals surface area contributed by atoms with E-state index in [0.29, 0.717) is 12.1 Å². The molecule has 0 saturated carbocycles. The van der Waals surface area contributed by atoms with Crippen LogP contribution in [0.4, 0.5) is 0 Å². The Morgan fingerprint density at radius 1 is 1.47 bits per heavy atom. The van der Waals surface area contributed by atoms with E-state index in [-0.39, 0.29) is 0 Å². The number of hydrogen-bond acceptors (Lipinski definition) is 2. The Morgan fingerprint density at radius 3 is 3.00 bits per heavy atom. The normalized spacial score (nSPS) is 19.9. The highest BCUT2D eigenvalue weighted by Crippen LogP contribution is 2.37. The van der Waals surface area contributed by atoms with Crippen molar-refractivity contribution in [3.8, 4) is 5.75 Å². The van der Waals surface area contributed by atoms with Crippen molar-refractivity contribution in [2.24, 2.45) is 0 Å². The number of fused-ring (bicyclic) bond motifs is 1. The van der Waals surface area contributed by atoms with Gasteiger partial charge in [-0.1, -0.05) is 26.0 Å². The van der Waals surface area contributed by atoms with Crippen LogP contribution in [-0.2, 0) is 0 Å². The molecule has 0 aromatic heterocycles.